The van der Waals surface area contributed by atoms with Crippen molar-refractivity contribution in [3.63, 3.8) is 0 Å². The smallest absolute Gasteiger partial charge is 0.220 e. The number of amides is 1. The number of anilines is 1. The number of allylic oxidation sites excluding steroid dienone is 6. The van der Waals surface area contributed by atoms with Crippen LogP contribution >= 0.6 is 0 Å². The van der Waals surface area contributed by atoms with Gasteiger partial charge in [0.1, 0.15) is 27.3 Å². The number of nitrogens with zero attached hydrogens (tertiary/aromatic N) is 2. The quantitative estimate of drug-likeness (QED) is 0.113. The molecule has 2 aromatic carbocycles. The van der Waals surface area contributed by atoms with E-state index in [0.29, 0.717) is 19.4 Å². The summed E-state index contributed by atoms with van der Waals surface area (Å²) in [4.78, 5) is 13.5. The van der Waals surface area contributed by atoms with Crippen LogP contribution in [0.25, 0.3) is 0 Å². The van der Waals surface area contributed by atoms with Crippen molar-refractivity contribution < 1.29 is 35.3 Å². The molecule has 0 unspecified atom stereocenters. The highest BCUT2D eigenvalue weighted by atomic mass is 32.2. The molecule has 2 aliphatic heterocycles. The Hall–Kier alpha value is -4.02. The van der Waals surface area contributed by atoms with Gasteiger partial charge < -0.3 is 19.3 Å². The van der Waals surface area contributed by atoms with Gasteiger partial charge in [-0.15, -0.1) is 6.42 Å². The van der Waals surface area contributed by atoms with Crippen LogP contribution in [0.3, 0.4) is 0 Å². The fourth-order valence-corrected chi connectivity index (χ4v) is 7.34. The predicted octanol–water partition coefficient (Wildman–Crippen LogP) is 4.60. The topological polar surface area (TPSA) is 150 Å². The number of terminal acetylenes is 1. The van der Waals surface area contributed by atoms with Crippen molar-refractivity contribution in [1.82, 2.24) is 5.32 Å². The van der Waals surface area contributed by atoms with Crippen molar-refractivity contribution in [3.8, 4) is 12.3 Å². The molecule has 0 aliphatic carbocycles. The summed E-state index contributed by atoms with van der Waals surface area (Å²) in [5.41, 5.74) is 3.81. The summed E-state index contributed by atoms with van der Waals surface area (Å²) in [7, 11) is -7.33. The molecule has 2 aliphatic rings. The summed E-state index contributed by atoms with van der Waals surface area (Å²) in [5, 5.41) is 2.66. The van der Waals surface area contributed by atoms with Crippen LogP contribution in [0.5, 0.6) is 0 Å². The van der Waals surface area contributed by atoms with E-state index in [4.69, 9.17) is 6.42 Å². The molecule has 0 bridgehead atoms. The molecule has 2 aromatic rings. The number of fused-ring (bicyclic) bond motifs is 2. The van der Waals surface area contributed by atoms with Gasteiger partial charge in [-0.3, -0.25) is 4.79 Å². The Balaban J connectivity index is 1.57. The van der Waals surface area contributed by atoms with E-state index in [9.17, 15) is 30.7 Å². The van der Waals surface area contributed by atoms with Crippen LogP contribution in [0.4, 0.5) is 11.4 Å². The maximum Gasteiger partial charge on any atom is 0.220 e. The van der Waals surface area contributed by atoms with E-state index in [0.717, 1.165) is 46.8 Å². The summed E-state index contributed by atoms with van der Waals surface area (Å²) in [5.74, 6) is 2.30. The Morgan fingerprint density at radius 2 is 1.55 bits per heavy atom. The van der Waals surface area contributed by atoms with E-state index in [-0.39, 0.29) is 22.2 Å². The van der Waals surface area contributed by atoms with Crippen LogP contribution < -0.4 is 10.2 Å². The average molecular weight is 679 g/mol. The van der Waals surface area contributed by atoms with Gasteiger partial charge >= 0.3 is 0 Å². The van der Waals surface area contributed by atoms with Gasteiger partial charge in [0.25, 0.3) is 0 Å². The van der Waals surface area contributed by atoms with Crippen molar-refractivity contribution in [2.24, 2.45) is 0 Å². The minimum absolute atomic E-state index is 0.0879. The van der Waals surface area contributed by atoms with Crippen LogP contribution in [-0.4, -0.2) is 62.3 Å². The monoisotopic (exact) mass is 678 g/mol. The van der Waals surface area contributed by atoms with Gasteiger partial charge in [-0.25, -0.2) is 16.8 Å². The zero-order valence-electron chi connectivity index (χ0n) is 27.2. The zero-order chi connectivity index (χ0) is 34.8. The number of rotatable bonds is 12. The third kappa shape index (κ3) is 7.60. The molecule has 12 heteroatoms. The first-order valence-corrected chi connectivity index (χ1v) is 18.1. The molecular formula is C35H40N3O7S2-. The minimum Gasteiger partial charge on any atom is -0.744 e. The first-order valence-electron chi connectivity index (χ1n) is 15.3. The number of nitrogens with one attached hydrogen (secondary N) is 1. The largest absolute Gasteiger partial charge is 0.744 e. The van der Waals surface area contributed by atoms with Gasteiger partial charge in [0.15, 0.2) is 5.71 Å². The standard InChI is InChI=1S/C35H41N3O7S2/c1-7-21-36-33(39)16-12-9-13-22-38-30-20-18-26(47(43,44)45)24-28(30)35(4,5)32(38)15-11-8-10-14-31-34(2,3)27-23-25(46(40,41)42)17-19-29(27)37(31)6/h1,8,10-11,14-15,17-20,23-24H,9,12-13,16,21-22H2,2-6H3,(H2-,36,39,40,41,42,43,44,45)/p-1. The van der Waals surface area contributed by atoms with Crippen LogP contribution in [-0.2, 0) is 35.9 Å². The lowest BCUT2D eigenvalue weighted by atomic mass is 9.81. The van der Waals surface area contributed by atoms with Crippen molar-refractivity contribution in [2.45, 2.75) is 74.0 Å². The molecule has 0 atom stereocenters. The number of unbranched alkanes of at least 4 members (excludes halogenated alkanes) is 2. The van der Waals surface area contributed by atoms with Crippen molar-refractivity contribution in [1.29, 1.82) is 0 Å². The van der Waals surface area contributed by atoms with Crippen LogP contribution in [0.15, 0.2) is 82.3 Å². The average Bonchev–Trinajstić information content (AvgIpc) is 3.32. The molecule has 0 spiro atoms. The first-order chi connectivity index (χ1) is 21.9. The lowest BCUT2D eigenvalue weighted by Gasteiger charge is -2.27. The maximum atomic E-state index is 11.9. The van der Waals surface area contributed by atoms with E-state index in [1.165, 1.54) is 24.3 Å². The lowest BCUT2D eigenvalue weighted by Crippen LogP contribution is -2.27. The molecule has 250 valence electrons. The van der Waals surface area contributed by atoms with Crippen molar-refractivity contribution >= 4 is 43.2 Å². The van der Waals surface area contributed by atoms with Gasteiger partial charge in [0.2, 0.25) is 11.6 Å². The van der Waals surface area contributed by atoms with Crippen LogP contribution in [0.1, 0.15) is 64.5 Å². The summed E-state index contributed by atoms with van der Waals surface area (Å²) in [6.07, 6.45) is 17.4. The van der Waals surface area contributed by atoms with Crippen LogP contribution in [0.2, 0.25) is 0 Å². The van der Waals surface area contributed by atoms with E-state index >= 15 is 0 Å². The lowest BCUT2D eigenvalue weighted by molar-refractivity contribution is -0.401. The van der Waals surface area contributed by atoms with E-state index in [2.05, 4.69) is 16.1 Å². The molecule has 0 aromatic heterocycles. The molecule has 47 heavy (non-hydrogen) atoms. The number of hydrogen-bond donors (Lipinski definition) is 1. The van der Waals surface area contributed by atoms with E-state index in [1.54, 1.807) is 12.1 Å². The summed E-state index contributed by atoms with van der Waals surface area (Å²) in [6, 6.07) is 8.89. The normalized spacial score (nSPS) is 17.8. The van der Waals surface area contributed by atoms with E-state index < -0.39 is 31.1 Å². The second-order valence-corrected chi connectivity index (χ2v) is 15.5. The number of carbonyl (C=O) groups is 1. The molecule has 1 amide bonds. The Bertz CT molecular complexity index is 1960. The Kier molecular flexibility index (Phi) is 10.4. The van der Waals surface area contributed by atoms with Crippen LogP contribution in [0, 0.1) is 12.3 Å². The van der Waals surface area contributed by atoms with Crippen molar-refractivity contribution in [2.75, 3.05) is 25.0 Å². The van der Waals surface area contributed by atoms with Gasteiger partial charge in [0, 0.05) is 47.5 Å². The van der Waals surface area contributed by atoms with Gasteiger partial charge in [0.05, 0.1) is 21.8 Å². The molecule has 0 saturated heterocycles. The number of benzene rings is 2. The predicted molar refractivity (Wildman–Crippen MR) is 180 cm³/mol. The molecule has 1 N–H and O–H groups in total. The highest BCUT2D eigenvalue weighted by molar-refractivity contribution is 7.86. The first kappa shape index (κ1) is 35.8. The third-order valence-corrected chi connectivity index (χ3v) is 10.5. The maximum absolute atomic E-state index is 11.9. The molecule has 0 fully saturated rings. The second kappa shape index (κ2) is 13.6. The number of carbonyl (C=O) groups excluding carboxylic acids is 1. The molecular weight excluding hydrogens is 639 g/mol. The van der Waals surface area contributed by atoms with Gasteiger partial charge in [-0.05, 0) is 68.7 Å². The number of hydrogen-bond acceptors (Lipinski definition) is 8. The van der Waals surface area contributed by atoms with Crippen molar-refractivity contribution in [3.05, 3.63) is 83.6 Å². The SMILES string of the molecule is C#CCNC(=O)CCCCCN1\C(=C/C=C/C=C/C2=[N+](C)c3ccc(S(=O)(=O)[O-])cc3C2(C)C)C(C)(C)c2cc(S(=O)(=O)[O-])ccc21. The Labute approximate surface area is 278 Å². The van der Waals surface area contributed by atoms with Gasteiger partial charge in [-0.1, -0.05) is 44.4 Å². The molecule has 4 rings (SSSR count). The van der Waals surface area contributed by atoms with E-state index in [1.807, 2.05) is 69.7 Å². The summed E-state index contributed by atoms with van der Waals surface area (Å²) < 4.78 is 72.4. The highest BCUT2D eigenvalue weighted by Gasteiger charge is 2.43. The summed E-state index contributed by atoms with van der Waals surface area (Å²) >= 11 is 0. The highest BCUT2D eigenvalue weighted by Crippen LogP contribution is 2.48. The summed E-state index contributed by atoms with van der Waals surface area (Å²) in [6.45, 7) is 8.73. The zero-order valence-corrected chi connectivity index (χ0v) is 28.9. The third-order valence-electron chi connectivity index (χ3n) is 8.85. The Morgan fingerprint density at radius 3 is 2.19 bits per heavy atom. The molecule has 0 radical (unpaired) electrons. The Morgan fingerprint density at radius 1 is 0.915 bits per heavy atom. The fourth-order valence-electron chi connectivity index (χ4n) is 6.35. The molecule has 0 saturated carbocycles. The molecule has 2 heterocycles. The minimum atomic E-state index is -4.64. The molecule has 10 nitrogen and oxygen atoms in total. The fraction of sp³-hybridized carbons (Fsp3) is 0.371. The second-order valence-electron chi connectivity index (χ2n) is 12.7. The van der Waals surface area contributed by atoms with Gasteiger partial charge in [-0.2, -0.15) is 4.58 Å².